The van der Waals surface area contributed by atoms with Gasteiger partial charge in [0.25, 0.3) is 15.7 Å². The van der Waals surface area contributed by atoms with Crippen molar-refractivity contribution >= 4 is 21.4 Å². The number of nitrogens with one attached hydrogen (secondary N) is 1. The Labute approximate surface area is 148 Å². The Kier molecular flexibility index (Phi) is 4.76. The van der Waals surface area contributed by atoms with Gasteiger partial charge in [0.05, 0.1) is 27.9 Å². The van der Waals surface area contributed by atoms with Crippen LogP contribution in [-0.2, 0) is 10.0 Å². The lowest BCUT2D eigenvalue weighted by Gasteiger charge is -2.08. The fourth-order valence-corrected chi connectivity index (χ4v) is 3.00. The summed E-state index contributed by atoms with van der Waals surface area (Å²) < 4.78 is 32.3. The molecular formula is C16H12N4O5S. The van der Waals surface area contributed by atoms with Gasteiger partial charge in [0, 0.05) is 12.1 Å². The zero-order valence-electron chi connectivity index (χ0n) is 13.1. The molecule has 0 unspecified atom stereocenters. The molecule has 0 radical (unpaired) electrons. The molecule has 132 valence electrons. The van der Waals surface area contributed by atoms with Crippen LogP contribution in [0.5, 0.6) is 11.8 Å². The molecule has 2 aromatic carbocycles. The molecule has 0 aliphatic carbocycles. The van der Waals surface area contributed by atoms with E-state index in [9.17, 15) is 18.5 Å². The Morgan fingerprint density at radius 1 is 0.962 bits per heavy atom. The highest BCUT2D eigenvalue weighted by atomic mass is 32.2. The second kappa shape index (κ2) is 7.15. The molecule has 1 N–H and O–H groups in total. The summed E-state index contributed by atoms with van der Waals surface area (Å²) in [4.78, 5) is 17.8. The van der Waals surface area contributed by atoms with Crippen molar-refractivity contribution in [2.24, 2.45) is 0 Å². The van der Waals surface area contributed by atoms with Crippen molar-refractivity contribution in [2.75, 3.05) is 4.72 Å². The minimum Gasteiger partial charge on any atom is -0.424 e. The summed E-state index contributed by atoms with van der Waals surface area (Å²) in [5.41, 5.74) is -0.0709. The van der Waals surface area contributed by atoms with Crippen molar-refractivity contribution in [2.45, 2.75) is 4.90 Å². The number of aromatic nitrogens is 2. The van der Waals surface area contributed by atoms with Crippen LogP contribution in [0.2, 0.25) is 0 Å². The van der Waals surface area contributed by atoms with E-state index >= 15 is 0 Å². The average Bonchev–Trinajstić information content (AvgIpc) is 2.64. The van der Waals surface area contributed by atoms with E-state index in [1.54, 1.807) is 24.3 Å². The van der Waals surface area contributed by atoms with E-state index in [0.29, 0.717) is 5.75 Å². The van der Waals surface area contributed by atoms with Crippen molar-refractivity contribution in [1.82, 2.24) is 9.97 Å². The smallest absolute Gasteiger partial charge is 0.322 e. The minimum atomic E-state index is -3.92. The highest BCUT2D eigenvalue weighted by Crippen LogP contribution is 2.20. The first kappa shape index (κ1) is 17.3. The number of para-hydroxylation sites is 1. The van der Waals surface area contributed by atoms with Crippen LogP contribution in [-0.4, -0.2) is 23.3 Å². The normalized spacial score (nSPS) is 10.9. The van der Waals surface area contributed by atoms with Crippen LogP contribution in [0.4, 0.5) is 11.4 Å². The van der Waals surface area contributed by atoms with Gasteiger partial charge in [-0.2, -0.15) is 0 Å². The number of rotatable bonds is 6. The molecule has 10 heteroatoms. The number of non-ortho nitro benzene ring substituents is 1. The van der Waals surface area contributed by atoms with Gasteiger partial charge < -0.3 is 4.74 Å². The highest BCUT2D eigenvalue weighted by Gasteiger charge is 2.16. The first-order chi connectivity index (χ1) is 12.4. The van der Waals surface area contributed by atoms with Gasteiger partial charge in [-0.15, -0.1) is 0 Å². The Balaban J connectivity index is 1.72. The molecule has 1 heterocycles. The molecule has 0 saturated heterocycles. The fraction of sp³-hybridized carbons (Fsp3) is 0. The molecule has 0 spiro atoms. The van der Waals surface area contributed by atoms with Crippen molar-refractivity contribution in [3.63, 3.8) is 0 Å². The lowest BCUT2D eigenvalue weighted by atomic mass is 10.3. The van der Waals surface area contributed by atoms with Gasteiger partial charge in [-0.25, -0.2) is 18.4 Å². The summed E-state index contributed by atoms with van der Waals surface area (Å²) in [6.07, 6.45) is 2.52. The number of anilines is 1. The third-order valence-electron chi connectivity index (χ3n) is 3.19. The molecule has 0 aliphatic heterocycles. The van der Waals surface area contributed by atoms with E-state index in [-0.39, 0.29) is 22.3 Å². The van der Waals surface area contributed by atoms with Crippen molar-refractivity contribution in [1.29, 1.82) is 0 Å². The van der Waals surface area contributed by atoms with Crippen LogP contribution in [0.1, 0.15) is 0 Å². The van der Waals surface area contributed by atoms with Gasteiger partial charge in [-0.1, -0.05) is 18.2 Å². The molecule has 0 atom stereocenters. The van der Waals surface area contributed by atoms with Gasteiger partial charge in [0.1, 0.15) is 5.75 Å². The summed E-state index contributed by atoms with van der Waals surface area (Å²) >= 11 is 0. The second-order valence-corrected chi connectivity index (χ2v) is 6.71. The molecule has 3 rings (SSSR count). The van der Waals surface area contributed by atoms with Crippen LogP contribution < -0.4 is 9.46 Å². The standard InChI is InChI=1S/C16H12N4O5S/c21-20(22)13-6-8-15(9-7-13)26(23,24)19-12-10-17-16(18-11-12)25-14-4-2-1-3-5-14/h1-11,19H. The lowest BCUT2D eigenvalue weighted by Crippen LogP contribution is -2.13. The lowest BCUT2D eigenvalue weighted by molar-refractivity contribution is -0.384. The van der Waals surface area contributed by atoms with E-state index in [0.717, 1.165) is 24.3 Å². The third kappa shape index (κ3) is 4.11. The van der Waals surface area contributed by atoms with Gasteiger partial charge >= 0.3 is 6.01 Å². The number of sulfonamides is 1. The molecule has 3 aromatic rings. The molecule has 0 aliphatic rings. The number of nitro groups is 1. The van der Waals surface area contributed by atoms with E-state index in [1.165, 1.54) is 12.4 Å². The van der Waals surface area contributed by atoms with Crippen LogP contribution in [0, 0.1) is 10.1 Å². The Hall–Kier alpha value is -3.53. The summed E-state index contributed by atoms with van der Waals surface area (Å²) in [6, 6.07) is 13.5. The predicted octanol–water partition coefficient (Wildman–Crippen LogP) is 2.98. The van der Waals surface area contributed by atoms with Gasteiger partial charge in [-0.3, -0.25) is 14.8 Å². The summed E-state index contributed by atoms with van der Waals surface area (Å²) in [5, 5.41) is 10.6. The maximum Gasteiger partial charge on any atom is 0.322 e. The molecule has 0 bridgehead atoms. The fourth-order valence-electron chi connectivity index (χ4n) is 1.98. The maximum atomic E-state index is 12.3. The number of benzene rings is 2. The number of nitrogens with zero attached hydrogens (tertiary/aromatic N) is 3. The molecule has 26 heavy (non-hydrogen) atoms. The van der Waals surface area contributed by atoms with Crippen molar-refractivity contribution < 1.29 is 18.1 Å². The number of hydrogen-bond donors (Lipinski definition) is 1. The second-order valence-electron chi connectivity index (χ2n) is 5.03. The molecule has 0 saturated carbocycles. The zero-order chi connectivity index (χ0) is 18.6. The summed E-state index contributed by atoms with van der Waals surface area (Å²) in [6.45, 7) is 0. The molecule has 9 nitrogen and oxygen atoms in total. The topological polar surface area (TPSA) is 124 Å². The number of nitro benzene ring substituents is 1. The van der Waals surface area contributed by atoms with Crippen molar-refractivity contribution in [3.8, 4) is 11.8 Å². The Bertz CT molecular complexity index is 1010. The Morgan fingerprint density at radius 2 is 1.58 bits per heavy atom. The predicted molar refractivity (Wildman–Crippen MR) is 92.5 cm³/mol. The summed E-state index contributed by atoms with van der Waals surface area (Å²) in [7, 11) is -3.92. The van der Waals surface area contributed by atoms with E-state index < -0.39 is 14.9 Å². The van der Waals surface area contributed by atoms with Gasteiger partial charge in [0.2, 0.25) is 0 Å². The first-order valence-corrected chi connectivity index (χ1v) is 8.74. The minimum absolute atomic E-state index is 0.0643. The zero-order valence-corrected chi connectivity index (χ0v) is 14.0. The summed E-state index contributed by atoms with van der Waals surface area (Å²) in [5.74, 6) is 0.548. The number of hydrogen-bond acceptors (Lipinski definition) is 7. The molecule has 1 aromatic heterocycles. The molecule has 0 amide bonds. The van der Waals surface area contributed by atoms with Crippen molar-refractivity contribution in [3.05, 3.63) is 77.1 Å². The van der Waals surface area contributed by atoms with E-state index in [4.69, 9.17) is 4.74 Å². The molecular weight excluding hydrogens is 360 g/mol. The molecule has 0 fully saturated rings. The maximum absolute atomic E-state index is 12.3. The SMILES string of the molecule is O=[N+]([O-])c1ccc(S(=O)(=O)Nc2cnc(Oc3ccccc3)nc2)cc1. The van der Waals surface area contributed by atoms with Gasteiger partial charge in [-0.05, 0) is 24.3 Å². The highest BCUT2D eigenvalue weighted by molar-refractivity contribution is 7.92. The van der Waals surface area contributed by atoms with E-state index in [1.807, 2.05) is 6.07 Å². The quantitative estimate of drug-likeness (QED) is 0.521. The van der Waals surface area contributed by atoms with Crippen LogP contribution in [0.25, 0.3) is 0 Å². The van der Waals surface area contributed by atoms with E-state index in [2.05, 4.69) is 14.7 Å². The average molecular weight is 372 g/mol. The third-order valence-corrected chi connectivity index (χ3v) is 4.59. The van der Waals surface area contributed by atoms with Gasteiger partial charge in [0.15, 0.2) is 0 Å². The Morgan fingerprint density at radius 3 is 2.15 bits per heavy atom. The monoisotopic (exact) mass is 372 g/mol. The van der Waals surface area contributed by atoms with Crippen LogP contribution in [0.3, 0.4) is 0 Å². The largest absolute Gasteiger partial charge is 0.424 e. The van der Waals surface area contributed by atoms with Crippen LogP contribution in [0.15, 0.2) is 71.9 Å². The number of ether oxygens (including phenoxy) is 1. The first-order valence-electron chi connectivity index (χ1n) is 7.26. The van der Waals surface area contributed by atoms with Crippen LogP contribution >= 0.6 is 0 Å².